The predicted octanol–water partition coefficient (Wildman–Crippen LogP) is 1.22. The van der Waals surface area contributed by atoms with Crippen LogP contribution in [0.5, 0.6) is 0 Å². The van der Waals surface area contributed by atoms with Crippen LogP contribution in [0.2, 0.25) is 0 Å². The molecule has 0 amide bonds. The van der Waals surface area contributed by atoms with Gasteiger partial charge in [0.15, 0.2) is 0 Å². The lowest BCUT2D eigenvalue weighted by Crippen LogP contribution is -2.38. The van der Waals surface area contributed by atoms with Crippen molar-refractivity contribution in [3.8, 4) is 0 Å². The summed E-state index contributed by atoms with van der Waals surface area (Å²) in [5.74, 6) is 0. The van der Waals surface area contributed by atoms with Gasteiger partial charge in [-0.2, -0.15) is 0 Å². The summed E-state index contributed by atoms with van der Waals surface area (Å²) in [5, 5.41) is 3.77. The van der Waals surface area contributed by atoms with Crippen LogP contribution in [0.3, 0.4) is 0 Å². The predicted molar refractivity (Wildman–Crippen MR) is 51.3 cm³/mol. The summed E-state index contributed by atoms with van der Waals surface area (Å²) in [6, 6.07) is 1.64. The molecule has 0 bridgehead atoms. The highest BCUT2D eigenvalue weighted by Gasteiger charge is 2.23. The van der Waals surface area contributed by atoms with Crippen molar-refractivity contribution in [1.29, 1.82) is 0 Å². The van der Waals surface area contributed by atoms with Gasteiger partial charge < -0.3 is 10.2 Å². The molecular weight excluding hydrogens is 148 g/mol. The normalized spacial score (nSPS) is 33.2. The Morgan fingerprint density at radius 3 is 2.42 bits per heavy atom. The first kappa shape index (κ1) is 8.52. The Kier molecular flexibility index (Phi) is 2.66. The molecule has 2 heteroatoms. The minimum absolute atomic E-state index is 0.790. The summed E-state index contributed by atoms with van der Waals surface area (Å²) >= 11 is 0. The second kappa shape index (κ2) is 3.75. The van der Waals surface area contributed by atoms with Gasteiger partial charge in [-0.05, 0) is 32.9 Å². The Morgan fingerprint density at radius 1 is 1.08 bits per heavy atom. The maximum atomic E-state index is 3.77. The van der Waals surface area contributed by atoms with Crippen LogP contribution in [0.4, 0.5) is 0 Å². The highest BCUT2D eigenvalue weighted by molar-refractivity contribution is 4.84. The lowest BCUT2D eigenvalue weighted by atomic mass is 10.2. The molecule has 0 unspecified atom stereocenters. The zero-order valence-corrected chi connectivity index (χ0v) is 8.05. The van der Waals surface area contributed by atoms with Gasteiger partial charge in [-0.15, -0.1) is 0 Å². The van der Waals surface area contributed by atoms with Crippen LogP contribution in [-0.4, -0.2) is 37.1 Å². The first-order valence-corrected chi connectivity index (χ1v) is 5.29. The van der Waals surface area contributed by atoms with Crippen molar-refractivity contribution >= 4 is 0 Å². The molecule has 2 aliphatic rings. The van der Waals surface area contributed by atoms with E-state index in [0.717, 1.165) is 12.1 Å². The fourth-order valence-corrected chi connectivity index (χ4v) is 2.50. The minimum Gasteiger partial charge on any atom is -0.310 e. The molecule has 0 spiro atoms. The molecule has 0 aromatic carbocycles. The van der Waals surface area contributed by atoms with Gasteiger partial charge in [0, 0.05) is 18.6 Å². The SMILES string of the molecule is CN1CC[C@@H](NC2CCCC2)C1. The topological polar surface area (TPSA) is 15.3 Å². The van der Waals surface area contributed by atoms with E-state index in [4.69, 9.17) is 0 Å². The van der Waals surface area contributed by atoms with Crippen LogP contribution in [0.15, 0.2) is 0 Å². The molecule has 1 saturated heterocycles. The van der Waals surface area contributed by atoms with E-state index in [2.05, 4.69) is 17.3 Å². The van der Waals surface area contributed by atoms with Crippen molar-refractivity contribution in [2.75, 3.05) is 20.1 Å². The van der Waals surface area contributed by atoms with Crippen molar-refractivity contribution in [2.24, 2.45) is 0 Å². The Bertz CT molecular complexity index is 141. The molecule has 0 aromatic heterocycles. The van der Waals surface area contributed by atoms with E-state index < -0.39 is 0 Å². The van der Waals surface area contributed by atoms with Crippen molar-refractivity contribution in [2.45, 2.75) is 44.2 Å². The van der Waals surface area contributed by atoms with Crippen LogP contribution in [0.1, 0.15) is 32.1 Å². The zero-order chi connectivity index (χ0) is 8.39. The van der Waals surface area contributed by atoms with Crippen LogP contribution in [0, 0.1) is 0 Å². The number of likely N-dealkylation sites (N-methyl/N-ethyl adjacent to an activating group) is 1. The molecule has 2 fully saturated rings. The monoisotopic (exact) mass is 168 g/mol. The third-order valence-corrected chi connectivity index (χ3v) is 3.22. The van der Waals surface area contributed by atoms with E-state index >= 15 is 0 Å². The van der Waals surface area contributed by atoms with E-state index in [1.807, 2.05) is 0 Å². The third kappa shape index (κ3) is 1.99. The maximum Gasteiger partial charge on any atom is 0.0209 e. The van der Waals surface area contributed by atoms with E-state index in [0.29, 0.717) is 0 Å². The molecule has 1 N–H and O–H groups in total. The van der Waals surface area contributed by atoms with Crippen molar-refractivity contribution < 1.29 is 0 Å². The Balaban J connectivity index is 1.72. The highest BCUT2D eigenvalue weighted by Crippen LogP contribution is 2.19. The fourth-order valence-electron chi connectivity index (χ4n) is 2.50. The van der Waals surface area contributed by atoms with Crippen molar-refractivity contribution in [3.05, 3.63) is 0 Å². The zero-order valence-electron chi connectivity index (χ0n) is 8.05. The van der Waals surface area contributed by atoms with Crippen molar-refractivity contribution in [1.82, 2.24) is 10.2 Å². The summed E-state index contributed by atoms with van der Waals surface area (Å²) in [5.41, 5.74) is 0. The average Bonchev–Trinajstić information content (AvgIpc) is 2.63. The fraction of sp³-hybridized carbons (Fsp3) is 1.00. The lowest BCUT2D eigenvalue weighted by molar-refractivity contribution is 0.381. The van der Waals surface area contributed by atoms with E-state index in [1.165, 1.54) is 45.2 Å². The number of rotatable bonds is 2. The molecule has 1 aliphatic carbocycles. The molecule has 2 rings (SSSR count). The summed E-state index contributed by atoms with van der Waals surface area (Å²) < 4.78 is 0. The molecule has 12 heavy (non-hydrogen) atoms. The maximum absolute atomic E-state index is 3.77. The van der Waals surface area contributed by atoms with Gasteiger partial charge in [-0.1, -0.05) is 12.8 Å². The standard InChI is InChI=1S/C10H20N2/c1-12-7-6-10(8-12)11-9-4-2-3-5-9/h9-11H,2-8H2,1H3/t10-/m1/s1. The largest absolute Gasteiger partial charge is 0.310 e. The summed E-state index contributed by atoms with van der Waals surface area (Å²) in [6.45, 7) is 2.54. The molecule has 2 nitrogen and oxygen atoms in total. The van der Waals surface area contributed by atoms with Gasteiger partial charge in [0.2, 0.25) is 0 Å². The molecule has 70 valence electrons. The number of hydrogen-bond acceptors (Lipinski definition) is 2. The quantitative estimate of drug-likeness (QED) is 0.667. The molecule has 1 saturated carbocycles. The highest BCUT2D eigenvalue weighted by atomic mass is 15.2. The smallest absolute Gasteiger partial charge is 0.0209 e. The van der Waals surface area contributed by atoms with Gasteiger partial charge >= 0.3 is 0 Å². The first-order chi connectivity index (χ1) is 5.84. The second-order valence-electron chi connectivity index (χ2n) is 4.40. The van der Waals surface area contributed by atoms with Gasteiger partial charge in [0.25, 0.3) is 0 Å². The summed E-state index contributed by atoms with van der Waals surface area (Å²) in [4.78, 5) is 2.42. The molecule has 1 heterocycles. The molecular formula is C10H20N2. The van der Waals surface area contributed by atoms with E-state index in [-0.39, 0.29) is 0 Å². The molecule has 0 aromatic rings. The number of nitrogens with zero attached hydrogens (tertiary/aromatic N) is 1. The Labute approximate surface area is 75.3 Å². The lowest BCUT2D eigenvalue weighted by Gasteiger charge is -2.18. The van der Waals surface area contributed by atoms with Crippen LogP contribution >= 0.6 is 0 Å². The summed E-state index contributed by atoms with van der Waals surface area (Å²) in [6.07, 6.45) is 7.08. The number of likely N-dealkylation sites (tertiary alicyclic amines) is 1. The van der Waals surface area contributed by atoms with Gasteiger partial charge in [-0.3, -0.25) is 0 Å². The summed E-state index contributed by atoms with van der Waals surface area (Å²) in [7, 11) is 2.22. The third-order valence-electron chi connectivity index (χ3n) is 3.22. The van der Waals surface area contributed by atoms with Crippen LogP contribution in [-0.2, 0) is 0 Å². The minimum atomic E-state index is 0.790. The van der Waals surface area contributed by atoms with Gasteiger partial charge in [0.05, 0.1) is 0 Å². The Hall–Kier alpha value is -0.0800. The average molecular weight is 168 g/mol. The van der Waals surface area contributed by atoms with E-state index in [1.54, 1.807) is 0 Å². The van der Waals surface area contributed by atoms with E-state index in [9.17, 15) is 0 Å². The molecule has 0 radical (unpaired) electrons. The number of hydrogen-bond donors (Lipinski definition) is 1. The number of nitrogens with one attached hydrogen (secondary N) is 1. The molecule has 1 aliphatic heterocycles. The van der Waals surface area contributed by atoms with Gasteiger partial charge in [-0.25, -0.2) is 0 Å². The van der Waals surface area contributed by atoms with Gasteiger partial charge in [0.1, 0.15) is 0 Å². The second-order valence-corrected chi connectivity index (χ2v) is 4.40. The Morgan fingerprint density at radius 2 is 1.83 bits per heavy atom. The molecule has 1 atom stereocenters. The van der Waals surface area contributed by atoms with Crippen LogP contribution < -0.4 is 5.32 Å². The van der Waals surface area contributed by atoms with Crippen LogP contribution in [0.25, 0.3) is 0 Å². The first-order valence-electron chi connectivity index (χ1n) is 5.29. The van der Waals surface area contributed by atoms with Crippen molar-refractivity contribution in [3.63, 3.8) is 0 Å².